The largest absolute Gasteiger partial charge is 0.496 e. The molecule has 0 fully saturated rings. The van der Waals surface area contributed by atoms with Gasteiger partial charge >= 0.3 is 5.97 Å². The molecule has 0 aliphatic rings. The number of carboxylic acid groups (broad SMARTS) is 1. The van der Waals surface area contributed by atoms with Gasteiger partial charge in [0.15, 0.2) is 0 Å². The second kappa shape index (κ2) is 4.54. The average Bonchev–Trinajstić information content (AvgIpc) is 2.14. The van der Waals surface area contributed by atoms with Crippen LogP contribution < -0.4 is 4.74 Å². The number of ether oxygens (including phenoxy) is 1. The van der Waals surface area contributed by atoms with Crippen LogP contribution in [0.4, 0.5) is 8.78 Å². The van der Waals surface area contributed by atoms with Crippen molar-refractivity contribution < 1.29 is 23.4 Å². The van der Waals surface area contributed by atoms with Crippen LogP contribution in [-0.2, 0) is 4.79 Å². The van der Waals surface area contributed by atoms with Crippen LogP contribution in [0.3, 0.4) is 0 Å². The molecule has 0 saturated carbocycles. The van der Waals surface area contributed by atoms with Gasteiger partial charge in [0, 0.05) is 18.2 Å². The Labute approximate surface area is 84.6 Å². The molecule has 0 aromatic heterocycles. The van der Waals surface area contributed by atoms with E-state index in [4.69, 9.17) is 9.84 Å². The summed E-state index contributed by atoms with van der Waals surface area (Å²) in [5.74, 6) is -2.92. The lowest BCUT2D eigenvalue weighted by Crippen LogP contribution is -1.94. The zero-order chi connectivity index (χ0) is 11.4. The average molecular weight is 214 g/mol. The molecule has 0 atom stereocenters. The van der Waals surface area contributed by atoms with Crippen LogP contribution in [0.2, 0.25) is 0 Å². The summed E-state index contributed by atoms with van der Waals surface area (Å²) in [6.07, 6.45) is 1.76. The molecule has 15 heavy (non-hydrogen) atoms. The number of carbonyl (C=O) groups is 1. The molecule has 0 aliphatic carbocycles. The molecule has 1 rings (SSSR count). The van der Waals surface area contributed by atoms with Crippen LogP contribution in [0, 0.1) is 11.6 Å². The van der Waals surface area contributed by atoms with Gasteiger partial charge in [0.2, 0.25) is 0 Å². The molecule has 3 nitrogen and oxygen atoms in total. The van der Waals surface area contributed by atoms with Gasteiger partial charge in [-0.05, 0) is 6.08 Å². The number of methoxy groups -OCH3 is 1. The molecule has 0 unspecified atom stereocenters. The highest BCUT2D eigenvalue weighted by Crippen LogP contribution is 2.24. The zero-order valence-electron chi connectivity index (χ0n) is 7.83. The molecule has 0 bridgehead atoms. The normalized spacial score (nSPS) is 10.6. The van der Waals surface area contributed by atoms with Crippen molar-refractivity contribution in [3.05, 3.63) is 35.4 Å². The van der Waals surface area contributed by atoms with Gasteiger partial charge in [0.25, 0.3) is 0 Å². The van der Waals surface area contributed by atoms with Crippen LogP contribution in [0.1, 0.15) is 5.56 Å². The van der Waals surface area contributed by atoms with Crippen molar-refractivity contribution in [3.8, 4) is 5.75 Å². The minimum absolute atomic E-state index is 0.0509. The highest BCUT2D eigenvalue weighted by atomic mass is 19.1. The highest BCUT2D eigenvalue weighted by molar-refractivity contribution is 5.86. The van der Waals surface area contributed by atoms with E-state index in [0.29, 0.717) is 6.07 Å². The minimum Gasteiger partial charge on any atom is -0.496 e. The van der Waals surface area contributed by atoms with E-state index in [9.17, 15) is 13.6 Å². The van der Waals surface area contributed by atoms with Crippen LogP contribution in [0.25, 0.3) is 6.08 Å². The standard InChI is InChI=1S/C10H8F2O3/c1-15-9-5-6(11)4-8(12)7(9)2-3-10(13)14/h2-5H,1H3,(H,13,14). The predicted molar refractivity (Wildman–Crippen MR) is 49.6 cm³/mol. The van der Waals surface area contributed by atoms with Crippen molar-refractivity contribution in [3.63, 3.8) is 0 Å². The van der Waals surface area contributed by atoms with Gasteiger partial charge in [0.05, 0.1) is 12.7 Å². The van der Waals surface area contributed by atoms with Crippen molar-refractivity contribution in [2.45, 2.75) is 0 Å². The first-order chi connectivity index (χ1) is 7.04. The molecule has 1 N–H and O–H groups in total. The van der Waals surface area contributed by atoms with E-state index in [1.165, 1.54) is 7.11 Å². The van der Waals surface area contributed by atoms with Gasteiger partial charge in [-0.1, -0.05) is 0 Å². The van der Waals surface area contributed by atoms with E-state index in [-0.39, 0.29) is 11.3 Å². The summed E-state index contributed by atoms with van der Waals surface area (Å²) < 4.78 is 30.6. The Balaban J connectivity index is 3.20. The second-order valence-corrected chi connectivity index (χ2v) is 2.68. The first-order valence-electron chi connectivity index (χ1n) is 3.98. The first-order valence-corrected chi connectivity index (χ1v) is 3.98. The fourth-order valence-corrected chi connectivity index (χ4v) is 1.05. The van der Waals surface area contributed by atoms with Crippen molar-refractivity contribution >= 4 is 12.0 Å². The van der Waals surface area contributed by atoms with Gasteiger partial charge in [-0.2, -0.15) is 0 Å². The summed E-state index contributed by atoms with van der Waals surface area (Å²) in [6.45, 7) is 0. The molecule has 0 saturated heterocycles. The third-order valence-electron chi connectivity index (χ3n) is 1.67. The number of carboxylic acids is 1. The monoisotopic (exact) mass is 214 g/mol. The third-order valence-corrected chi connectivity index (χ3v) is 1.67. The number of aliphatic carboxylic acids is 1. The molecule has 80 valence electrons. The Morgan fingerprint density at radius 1 is 1.47 bits per heavy atom. The van der Waals surface area contributed by atoms with E-state index in [2.05, 4.69) is 0 Å². The molecule has 0 spiro atoms. The minimum atomic E-state index is -1.22. The summed E-state index contributed by atoms with van der Waals surface area (Å²) in [5, 5.41) is 8.36. The summed E-state index contributed by atoms with van der Waals surface area (Å²) in [5.41, 5.74) is -0.0960. The van der Waals surface area contributed by atoms with E-state index in [1.807, 2.05) is 0 Å². The Kier molecular flexibility index (Phi) is 3.38. The molecule has 0 radical (unpaired) electrons. The molecule has 0 aliphatic heterocycles. The van der Waals surface area contributed by atoms with Crippen molar-refractivity contribution in [1.29, 1.82) is 0 Å². The molecule has 5 heteroatoms. The van der Waals surface area contributed by atoms with E-state index >= 15 is 0 Å². The maximum absolute atomic E-state index is 13.2. The first kappa shape index (κ1) is 11.2. The third kappa shape index (κ3) is 2.77. The van der Waals surface area contributed by atoms with Crippen molar-refractivity contribution in [2.24, 2.45) is 0 Å². The van der Waals surface area contributed by atoms with E-state index < -0.39 is 17.6 Å². The van der Waals surface area contributed by atoms with Gasteiger partial charge in [-0.25, -0.2) is 13.6 Å². The van der Waals surface area contributed by atoms with Crippen LogP contribution in [0.15, 0.2) is 18.2 Å². The predicted octanol–water partition coefficient (Wildman–Crippen LogP) is 2.07. The summed E-state index contributed by atoms with van der Waals surface area (Å²) >= 11 is 0. The van der Waals surface area contributed by atoms with Crippen LogP contribution >= 0.6 is 0 Å². The smallest absolute Gasteiger partial charge is 0.328 e. The Morgan fingerprint density at radius 2 is 2.13 bits per heavy atom. The maximum Gasteiger partial charge on any atom is 0.328 e. The second-order valence-electron chi connectivity index (χ2n) is 2.68. The Bertz CT molecular complexity index is 413. The lowest BCUT2D eigenvalue weighted by atomic mass is 10.1. The van der Waals surface area contributed by atoms with Gasteiger partial charge in [-0.15, -0.1) is 0 Å². The van der Waals surface area contributed by atoms with Gasteiger partial charge < -0.3 is 9.84 Å². The van der Waals surface area contributed by atoms with E-state index in [0.717, 1.165) is 18.2 Å². The lowest BCUT2D eigenvalue weighted by Gasteiger charge is -2.05. The molecule has 0 heterocycles. The molecule has 0 amide bonds. The Morgan fingerprint density at radius 3 is 2.67 bits per heavy atom. The Hall–Kier alpha value is -1.91. The number of halogens is 2. The topological polar surface area (TPSA) is 46.5 Å². The summed E-state index contributed by atoms with van der Waals surface area (Å²) in [4.78, 5) is 10.2. The molecule has 1 aromatic rings. The van der Waals surface area contributed by atoms with Crippen molar-refractivity contribution in [2.75, 3.05) is 7.11 Å². The SMILES string of the molecule is COc1cc(F)cc(F)c1C=CC(=O)O. The molecular formula is C10H8F2O3. The zero-order valence-corrected chi connectivity index (χ0v) is 7.83. The van der Waals surface area contributed by atoms with Crippen LogP contribution in [0.5, 0.6) is 5.75 Å². The summed E-state index contributed by atoms with van der Waals surface area (Å²) in [6, 6.07) is 1.63. The lowest BCUT2D eigenvalue weighted by molar-refractivity contribution is -0.131. The number of hydrogen-bond donors (Lipinski definition) is 1. The van der Waals surface area contributed by atoms with Gasteiger partial charge in [0.1, 0.15) is 17.4 Å². The van der Waals surface area contributed by atoms with Gasteiger partial charge in [-0.3, -0.25) is 0 Å². The maximum atomic E-state index is 13.2. The number of hydrogen-bond acceptors (Lipinski definition) is 2. The quantitative estimate of drug-likeness (QED) is 0.783. The fourth-order valence-electron chi connectivity index (χ4n) is 1.05. The van der Waals surface area contributed by atoms with Crippen molar-refractivity contribution in [1.82, 2.24) is 0 Å². The van der Waals surface area contributed by atoms with E-state index in [1.54, 1.807) is 0 Å². The van der Waals surface area contributed by atoms with Crippen LogP contribution in [-0.4, -0.2) is 18.2 Å². The molecule has 1 aromatic carbocycles. The number of rotatable bonds is 3. The molecular weight excluding hydrogens is 206 g/mol. The number of benzene rings is 1. The fraction of sp³-hybridized carbons (Fsp3) is 0.100. The highest BCUT2D eigenvalue weighted by Gasteiger charge is 2.09. The summed E-state index contributed by atoms with van der Waals surface area (Å²) in [7, 11) is 1.24.